The van der Waals surface area contributed by atoms with E-state index >= 15 is 0 Å². The van der Waals surface area contributed by atoms with Crippen molar-refractivity contribution in [3.05, 3.63) is 55.2 Å². The van der Waals surface area contributed by atoms with Crippen molar-refractivity contribution in [1.29, 1.82) is 0 Å². The van der Waals surface area contributed by atoms with E-state index in [4.69, 9.17) is 22.5 Å². The molecule has 4 rings (SSSR count). The first-order valence-corrected chi connectivity index (χ1v) is 9.90. The van der Waals surface area contributed by atoms with E-state index in [0.29, 0.717) is 22.6 Å². The van der Waals surface area contributed by atoms with Crippen molar-refractivity contribution in [2.24, 2.45) is 0 Å². The average molecular weight is 458 g/mol. The fourth-order valence-corrected chi connectivity index (χ4v) is 2.67. The molecule has 0 saturated carbocycles. The number of hydrogen-bond acceptors (Lipinski definition) is 8. The second-order valence-corrected chi connectivity index (χ2v) is 6.98. The molecule has 12 heteroatoms. The van der Waals surface area contributed by atoms with Gasteiger partial charge in [-0.3, -0.25) is 9.11 Å². The van der Waals surface area contributed by atoms with Crippen molar-refractivity contribution in [3.8, 4) is 22.6 Å². The van der Waals surface area contributed by atoms with Gasteiger partial charge in [-0.15, -0.1) is 0 Å². The molecular weight excluding hydrogens is 447 g/mol. The van der Waals surface area contributed by atoms with Crippen LogP contribution in [0.5, 0.6) is 0 Å². The summed E-state index contributed by atoms with van der Waals surface area (Å²) in [5.41, 5.74) is 4.21. The van der Waals surface area contributed by atoms with Gasteiger partial charge in [-0.05, 0) is 0 Å². The Bertz CT molecular complexity index is 1200. The van der Waals surface area contributed by atoms with Crippen LogP contribution in [0.3, 0.4) is 0 Å². The van der Waals surface area contributed by atoms with E-state index in [1.54, 1.807) is 18.6 Å². The van der Waals surface area contributed by atoms with Gasteiger partial charge in [0.05, 0.1) is 0 Å². The maximum atomic E-state index is 8.74. The molecule has 0 saturated heterocycles. The van der Waals surface area contributed by atoms with E-state index in [2.05, 4.69) is 41.8 Å². The maximum absolute atomic E-state index is 8.74. The first kappa shape index (κ1) is 19.9. The predicted molar refractivity (Wildman–Crippen MR) is 101 cm³/mol. The molecule has 2 N–H and O–H groups in total. The second-order valence-electron chi connectivity index (χ2n) is 5.19. The zero-order chi connectivity index (χ0) is 20.1. The number of fused-ring (bicyclic) bond motifs is 1. The first-order chi connectivity index (χ1) is 13.3. The van der Waals surface area contributed by atoms with Gasteiger partial charge in [0.25, 0.3) is 0 Å². The molecule has 2 radical (unpaired) electrons. The van der Waals surface area contributed by atoms with Crippen LogP contribution in [0.1, 0.15) is 0 Å². The van der Waals surface area contributed by atoms with Crippen LogP contribution in [0, 0.1) is 0 Å². The molecule has 0 fully saturated rings. The molecule has 28 heavy (non-hydrogen) atoms. The Balaban J connectivity index is 0.000000403. The Labute approximate surface area is 168 Å². The molecule has 0 aliphatic carbocycles. The van der Waals surface area contributed by atoms with Gasteiger partial charge in [0.1, 0.15) is 0 Å². The summed E-state index contributed by atoms with van der Waals surface area (Å²) in [5.74, 6) is 0. The summed E-state index contributed by atoms with van der Waals surface area (Å²) >= 11 is 2.40. The number of rotatable bonds is 2. The van der Waals surface area contributed by atoms with Crippen molar-refractivity contribution in [3.63, 3.8) is 0 Å². The van der Waals surface area contributed by atoms with E-state index in [9.17, 15) is 0 Å². The van der Waals surface area contributed by atoms with Gasteiger partial charge in [-0.1, -0.05) is 0 Å². The number of hydrogen-bond donors (Lipinski definition) is 2. The van der Waals surface area contributed by atoms with Gasteiger partial charge in [-0.2, -0.15) is 8.42 Å². The summed E-state index contributed by atoms with van der Waals surface area (Å²) in [6, 6.07) is 9.51. The Hall–Kier alpha value is -2.85. The summed E-state index contributed by atoms with van der Waals surface area (Å²) in [4.78, 5) is 26.4. The van der Waals surface area contributed by atoms with Crippen LogP contribution >= 0.6 is 0 Å². The molecule has 0 amide bonds. The fraction of sp³-hybridized carbons (Fsp3) is 0. The standard InChI is InChI=1S/C16H9AsN6.H2O4S/c17-15-14-16(21-9-20-15)23-12(10-4-3-6-18-8-10)13(22-14)11-5-1-2-7-19-11;1-5(2,3)4/h1-9H;(H2,1,2,3,4). The van der Waals surface area contributed by atoms with Crippen LogP contribution in [0.4, 0.5) is 0 Å². The average Bonchev–Trinajstić information content (AvgIpc) is 2.67. The molecule has 0 atom stereocenters. The number of nitrogens with zero attached hydrogens (tertiary/aromatic N) is 6. The predicted octanol–water partition coefficient (Wildman–Crippen LogP) is 0.685. The van der Waals surface area contributed by atoms with E-state index in [-0.39, 0.29) is 0 Å². The van der Waals surface area contributed by atoms with Crippen molar-refractivity contribution < 1.29 is 17.5 Å². The Morgan fingerprint density at radius 3 is 2.32 bits per heavy atom. The topological polar surface area (TPSA) is 152 Å². The molecule has 4 aromatic rings. The van der Waals surface area contributed by atoms with Crippen LogP contribution in [0.25, 0.3) is 33.8 Å². The third kappa shape index (κ3) is 5.11. The van der Waals surface area contributed by atoms with Crippen LogP contribution in [0.2, 0.25) is 0 Å². The molecule has 4 aromatic heterocycles. The van der Waals surface area contributed by atoms with Crippen molar-refractivity contribution in [1.82, 2.24) is 29.9 Å². The fourth-order valence-electron chi connectivity index (χ4n) is 2.25. The molecule has 0 bridgehead atoms. The third-order valence-corrected chi connectivity index (χ3v) is 3.98. The van der Waals surface area contributed by atoms with Crippen molar-refractivity contribution in [2.45, 2.75) is 0 Å². The van der Waals surface area contributed by atoms with Crippen LogP contribution in [0.15, 0.2) is 55.2 Å². The Kier molecular flexibility index (Phi) is 6.00. The van der Waals surface area contributed by atoms with Crippen molar-refractivity contribution in [2.75, 3.05) is 0 Å². The minimum atomic E-state index is -4.67. The molecule has 140 valence electrons. The molecule has 4 heterocycles. The van der Waals surface area contributed by atoms with Gasteiger partial charge in [0.2, 0.25) is 0 Å². The summed E-state index contributed by atoms with van der Waals surface area (Å²) in [7, 11) is -4.67. The van der Waals surface area contributed by atoms with Crippen molar-refractivity contribution >= 4 is 42.9 Å². The monoisotopic (exact) mass is 458 g/mol. The van der Waals surface area contributed by atoms with Gasteiger partial charge >= 0.3 is 151 Å². The van der Waals surface area contributed by atoms with Gasteiger partial charge in [-0.25, -0.2) is 0 Å². The van der Waals surface area contributed by atoms with E-state index in [0.717, 1.165) is 15.7 Å². The molecular formula is C16H11AsN6O4S. The van der Waals surface area contributed by atoms with Crippen LogP contribution in [-0.2, 0) is 10.4 Å². The summed E-state index contributed by atoms with van der Waals surface area (Å²) < 4.78 is 32.3. The minimum absolute atomic E-state index is 0.550. The van der Waals surface area contributed by atoms with E-state index in [1.807, 2.05) is 30.3 Å². The summed E-state index contributed by atoms with van der Waals surface area (Å²) in [5, 5.41) is 0. The van der Waals surface area contributed by atoms with E-state index in [1.165, 1.54) is 6.33 Å². The number of aromatic nitrogens is 6. The molecule has 0 unspecified atom stereocenters. The van der Waals surface area contributed by atoms with Gasteiger partial charge < -0.3 is 0 Å². The molecule has 0 spiro atoms. The normalized spacial score (nSPS) is 11.0. The van der Waals surface area contributed by atoms with Crippen LogP contribution in [-0.4, -0.2) is 64.3 Å². The first-order valence-electron chi connectivity index (χ1n) is 7.56. The summed E-state index contributed by atoms with van der Waals surface area (Å²) in [6.45, 7) is 0. The third-order valence-electron chi connectivity index (χ3n) is 3.29. The Morgan fingerprint density at radius 2 is 1.68 bits per heavy atom. The zero-order valence-electron chi connectivity index (χ0n) is 13.9. The van der Waals surface area contributed by atoms with Gasteiger partial charge in [0, 0.05) is 0 Å². The molecule has 0 aromatic carbocycles. The zero-order valence-corrected chi connectivity index (χ0v) is 16.6. The molecule has 0 aliphatic rings. The summed E-state index contributed by atoms with van der Waals surface area (Å²) in [6.07, 6.45) is 6.70. The van der Waals surface area contributed by atoms with Gasteiger partial charge in [0.15, 0.2) is 0 Å². The number of pyridine rings is 2. The van der Waals surface area contributed by atoms with Crippen LogP contribution < -0.4 is 4.48 Å². The molecule has 10 nitrogen and oxygen atoms in total. The Morgan fingerprint density at radius 1 is 0.893 bits per heavy atom. The van der Waals surface area contributed by atoms with E-state index < -0.39 is 10.4 Å². The molecule has 0 aliphatic heterocycles. The quantitative estimate of drug-likeness (QED) is 0.324. The SMILES string of the molecule is O=S(=O)(O)O.[As]c1ncnc2nc(-c3cccnc3)c(-c3ccccn3)nc12. The second kappa shape index (κ2) is 8.44.